The summed E-state index contributed by atoms with van der Waals surface area (Å²) in [5.74, 6) is -4.40. The van der Waals surface area contributed by atoms with Gasteiger partial charge in [-0.3, -0.25) is 42.6 Å². The van der Waals surface area contributed by atoms with Gasteiger partial charge in [-0.15, -0.1) is 9.13 Å². The van der Waals surface area contributed by atoms with Crippen LogP contribution in [0.3, 0.4) is 0 Å². The van der Waals surface area contributed by atoms with Crippen LogP contribution in [0.2, 0.25) is 0 Å². The SMILES string of the molecule is CC(=O)C[n+]1ccn2c1C[N+]1(CCCCOc3ccc(NS(=O)[O-])cc3)Cc3n(cc[n+]3CC(=O)NC(CCC(=O)O)(CCC(=O)O)CCC(=O)O)C21.CNC(CCC(=O)O)(CCC(=O)O)CCC(=O)O. The predicted octanol–water partition coefficient (Wildman–Crippen LogP) is 1.36. The van der Waals surface area contributed by atoms with E-state index in [0.717, 1.165) is 31.0 Å². The highest BCUT2D eigenvalue weighted by Crippen LogP contribution is 2.42. The van der Waals surface area contributed by atoms with E-state index in [1.54, 1.807) is 49.0 Å². The zero-order valence-corrected chi connectivity index (χ0v) is 40.5. The number of Topliss-reactive ketones (excluding diaryl/α,β-unsaturated/α-hetero) is 1. The average Bonchev–Trinajstić information content (AvgIpc) is 4.02. The molecule has 0 aliphatic carbocycles. The van der Waals surface area contributed by atoms with Crippen molar-refractivity contribution < 1.29 is 96.1 Å². The molecule has 2 aliphatic heterocycles. The molecule has 1 amide bonds. The molecule has 0 saturated carbocycles. The molecule has 25 nitrogen and oxygen atoms in total. The Labute approximate surface area is 411 Å². The number of amides is 1. The summed E-state index contributed by atoms with van der Waals surface area (Å²) in [7, 11) is 1.59. The fourth-order valence-corrected chi connectivity index (χ4v) is 9.60. The molecule has 71 heavy (non-hydrogen) atoms. The maximum atomic E-state index is 13.6. The van der Waals surface area contributed by atoms with Gasteiger partial charge in [0, 0.05) is 73.0 Å². The Kier molecular flexibility index (Phi) is 20.7. The van der Waals surface area contributed by atoms with Crippen molar-refractivity contribution in [1.82, 2.24) is 19.8 Å². The van der Waals surface area contributed by atoms with E-state index in [-0.39, 0.29) is 102 Å². The highest BCUT2D eigenvalue weighted by molar-refractivity contribution is 7.80. The van der Waals surface area contributed by atoms with Gasteiger partial charge in [0.15, 0.2) is 25.4 Å². The Morgan fingerprint density at radius 2 is 1.11 bits per heavy atom. The molecule has 0 spiro atoms. The smallest absolute Gasteiger partial charge is 0.380 e. The first-order valence-corrected chi connectivity index (χ1v) is 24.0. The standard InChI is InChI=1S/C34H43N7O11S.C11H19NO6/c1-24(42)20-37-14-16-39-28(37)22-41(18-2-3-19-52-26-6-4-25(5-7-26)36-53(50)51)23-29-38(15-17-40(29)33(39)41)21-27(43)35-34(11-8-30(44)45,12-9-31(46)47)13-10-32(48)49;1-12-11(5-2-8(13)14,6-3-9(15)16)7-4-10(17)18/h4-7,14-17,33,36H,2-3,8-13,18-23H2,1H3,(H2-3,35,43,44,45,46,47,48,49,50,51);12H,2-7H2,1H3,(H,13,14)(H,15,16)(H,17,18)/p+2. The van der Waals surface area contributed by atoms with Crippen LogP contribution >= 0.6 is 0 Å². The molecule has 26 heteroatoms. The van der Waals surface area contributed by atoms with Crippen molar-refractivity contribution in [3.63, 3.8) is 0 Å². The number of carbonyl (C=O) groups excluding carboxylic acids is 2. The largest absolute Gasteiger partial charge is 0.755 e. The van der Waals surface area contributed by atoms with Gasteiger partial charge in [0.1, 0.15) is 37.1 Å². The third kappa shape index (κ3) is 17.0. The Morgan fingerprint density at radius 1 is 0.690 bits per heavy atom. The van der Waals surface area contributed by atoms with Crippen molar-refractivity contribution in [3.8, 4) is 5.75 Å². The summed E-state index contributed by atoms with van der Waals surface area (Å²) >= 11 is -2.42. The minimum atomic E-state index is -2.42. The summed E-state index contributed by atoms with van der Waals surface area (Å²) in [6.07, 6.45) is 7.60. The molecule has 9 N–H and O–H groups in total. The number of carboxylic acid groups (broad SMARTS) is 6. The molecule has 2 aromatic heterocycles. The monoisotopic (exact) mass is 1020 g/mol. The van der Waals surface area contributed by atoms with Crippen molar-refractivity contribution in [3.05, 3.63) is 60.7 Å². The Balaban J connectivity index is 0.000000516. The Hall–Kier alpha value is -6.77. The molecule has 0 radical (unpaired) electrons. The fourth-order valence-electron chi connectivity index (χ4n) is 9.27. The fraction of sp³-hybridized carbons (Fsp3) is 0.556. The molecule has 5 rings (SSSR count). The van der Waals surface area contributed by atoms with Crippen LogP contribution in [0, 0.1) is 0 Å². The third-order valence-corrected chi connectivity index (χ3v) is 13.2. The summed E-state index contributed by atoms with van der Waals surface area (Å²) in [6, 6.07) is 6.59. The second-order valence-electron chi connectivity index (χ2n) is 17.9. The molecular weight excluding hydrogens is 957 g/mol. The molecule has 3 atom stereocenters. The molecule has 2 aliphatic rings. The van der Waals surface area contributed by atoms with Crippen LogP contribution in [0.15, 0.2) is 49.1 Å². The number of unbranched alkanes of at least 4 members (excludes halogenated alkanes) is 1. The molecule has 0 saturated heterocycles. The van der Waals surface area contributed by atoms with Gasteiger partial charge in [0.2, 0.25) is 0 Å². The first-order chi connectivity index (χ1) is 33.5. The summed E-state index contributed by atoms with van der Waals surface area (Å²) in [4.78, 5) is 91.9. The summed E-state index contributed by atoms with van der Waals surface area (Å²) in [5.41, 5.74) is -1.67. The van der Waals surface area contributed by atoms with Crippen LogP contribution in [0.5, 0.6) is 5.75 Å². The molecule has 390 valence electrons. The zero-order chi connectivity index (χ0) is 52.5. The number of imidazole rings is 2. The van der Waals surface area contributed by atoms with Gasteiger partial charge in [-0.05, 0) is 83.2 Å². The predicted molar refractivity (Wildman–Crippen MR) is 245 cm³/mol. The van der Waals surface area contributed by atoms with E-state index in [0.29, 0.717) is 35.6 Å². The van der Waals surface area contributed by atoms with Crippen LogP contribution in [0.4, 0.5) is 5.69 Å². The number of hydrogen-bond donors (Lipinski definition) is 9. The highest BCUT2D eigenvalue weighted by atomic mass is 32.2. The van der Waals surface area contributed by atoms with E-state index in [4.69, 9.17) is 20.1 Å². The quantitative estimate of drug-likeness (QED) is 0.0184. The number of ketones is 1. The van der Waals surface area contributed by atoms with Crippen molar-refractivity contribution in [2.45, 2.75) is 140 Å². The summed E-state index contributed by atoms with van der Waals surface area (Å²) in [6.45, 7) is 3.98. The highest BCUT2D eigenvalue weighted by Gasteiger charge is 2.62. The minimum Gasteiger partial charge on any atom is -0.755 e. The topological polar surface area (TPSA) is 361 Å². The van der Waals surface area contributed by atoms with Crippen molar-refractivity contribution in [2.24, 2.45) is 0 Å². The number of carbonyl (C=O) groups is 8. The number of ether oxygens (including phenoxy) is 1. The Morgan fingerprint density at radius 3 is 1.51 bits per heavy atom. The van der Waals surface area contributed by atoms with Crippen LogP contribution in [0.1, 0.15) is 115 Å². The second-order valence-corrected chi connectivity index (χ2v) is 18.6. The number of aromatic nitrogens is 4. The van der Waals surface area contributed by atoms with Crippen LogP contribution < -0.4 is 29.2 Å². The number of nitrogens with one attached hydrogen (secondary N) is 3. The normalized spacial score (nSPS) is 16.1. The van der Waals surface area contributed by atoms with Gasteiger partial charge < -0.3 is 55.3 Å². The summed E-state index contributed by atoms with van der Waals surface area (Å²) < 4.78 is 38.5. The lowest BCUT2D eigenvalue weighted by Gasteiger charge is -2.34. The van der Waals surface area contributed by atoms with Gasteiger partial charge in [0.25, 0.3) is 5.91 Å². The zero-order valence-electron chi connectivity index (χ0n) is 39.7. The summed E-state index contributed by atoms with van der Waals surface area (Å²) in [5, 5.41) is 59.9. The van der Waals surface area contributed by atoms with E-state index in [2.05, 4.69) is 24.5 Å². The first-order valence-electron chi connectivity index (χ1n) is 22.9. The maximum Gasteiger partial charge on any atom is 0.380 e. The van der Waals surface area contributed by atoms with Crippen molar-refractivity contribution in [2.75, 3.05) is 24.9 Å². The van der Waals surface area contributed by atoms with Gasteiger partial charge >= 0.3 is 53.8 Å². The van der Waals surface area contributed by atoms with Crippen LogP contribution in [0.25, 0.3) is 0 Å². The molecule has 1 aromatic carbocycles. The van der Waals surface area contributed by atoms with E-state index < -0.39 is 64.1 Å². The molecular formula is C45H64N8O17S+2. The second kappa shape index (κ2) is 25.9. The number of benzene rings is 1. The first kappa shape index (κ1) is 56.8. The van der Waals surface area contributed by atoms with Gasteiger partial charge in [-0.2, -0.15) is 0 Å². The van der Waals surface area contributed by atoms with Gasteiger partial charge in [0.05, 0.1) is 13.2 Å². The number of carboxylic acids is 6. The number of hydrogen-bond acceptors (Lipinski definition) is 12. The number of fused-ring (bicyclic) bond motifs is 5. The molecule has 4 heterocycles. The molecule has 3 aromatic rings. The van der Waals surface area contributed by atoms with Crippen molar-refractivity contribution in [1.29, 1.82) is 0 Å². The number of rotatable bonds is 32. The number of anilines is 1. The van der Waals surface area contributed by atoms with Gasteiger partial charge in [-0.25, -0.2) is 13.6 Å². The van der Waals surface area contributed by atoms with E-state index in [1.807, 2.05) is 23.2 Å². The van der Waals surface area contributed by atoms with Gasteiger partial charge in [-0.1, -0.05) is 0 Å². The van der Waals surface area contributed by atoms with E-state index >= 15 is 0 Å². The van der Waals surface area contributed by atoms with E-state index in [9.17, 15) is 62.4 Å². The maximum absolute atomic E-state index is 13.6. The molecule has 0 bridgehead atoms. The lowest BCUT2D eigenvalue weighted by molar-refractivity contribution is -0.982. The number of quaternary nitrogens is 1. The van der Waals surface area contributed by atoms with E-state index in [1.165, 1.54) is 0 Å². The van der Waals surface area contributed by atoms with Crippen molar-refractivity contribution >= 4 is 64.5 Å². The minimum absolute atomic E-state index is 0.0292. The number of nitrogens with zero attached hydrogens (tertiary/aromatic N) is 5. The molecule has 3 unspecified atom stereocenters. The third-order valence-electron chi connectivity index (χ3n) is 12.8. The average molecular weight is 1020 g/mol. The van der Waals surface area contributed by atoms with Crippen LogP contribution in [-0.2, 0) is 75.8 Å². The number of aliphatic carboxylic acids is 6. The molecule has 0 fully saturated rings. The van der Waals surface area contributed by atoms with Crippen LogP contribution in [-0.4, -0.2) is 132 Å². The Bertz CT molecular complexity index is 2330. The lowest BCUT2D eigenvalue weighted by atomic mass is 9.83. The lowest BCUT2D eigenvalue weighted by Crippen LogP contribution is -2.54.